The molecule has 2 N–H and O–H groups in total. The molecule has 1 saturated heterocycles. The highest BCUT2D eigenvalue weighted by Gasteiger charge is 2.33. The summed E-state index contributed by atoms with van der Waals surface area (Å²) < 4.78 is 92.2. The number of nitrogens with zero attached hydrogens (tertiary/aromatic N) is 2. The van der Waals surface area contributed by atoms with Crippen LogP contribution in [0.25, 0.3) is 0 Å². The van der Waals surface area contributed by atoms with Crippen LogP contribution in [0, 0.1) is 29.1 Å². The average molecular weight is 400 g/mol. The van der Waals surface area contributed by atoms with E-state index in [9.17, 15) is 30.4 Å². The van der Waals surface area contributed by atoms with Crippen molar-refractivity contribution in [3.63, 3.8) is 0 Å². The second kappa shape index (κ2) is 6.55. The number of benzene rings is 1. The molecule has 2 heterocycles. The van der Waals surface area contributed by atoms with Crippen LogP contribution in [0.5, 0.6) is 0 Å². The fraction of sp³-hybridized carbons (Fsp3) is 0.333. The first-order valence-electron chi connectivity index (χ1n) is 6.76. The monoisotopic (exact) mass is 400 g/mol. The van der Waals surface area contributed by atoms with Crippen LogP contribution >= 0.6 is 11.3 Å². The lowest BCUT2D eigenvalue weighted by Gasteiger charge is -2.23. The number of rotatable bonds is 5. The van der Waals surface area contributed by atoms with Gasteiger partial charge in [-0.15, -0.1) is 10.2 Å². The van der Waals surface area contributed by atoms with Crippen molar-refractivity contribution in [2.75, 3.05) is 13.1 Å². The van der Waals surface area contributed by atoms with Crippen LogP contribution in [-0.2, 0) is 16.6 Å². The number of halogens is 5. The normalized spacial score (nSPS) is 15.4. The molecule has 1 aromatic heterocycles. The van der Waals surface area contributed by atoms with Crippen molar-refractivity contribution in [3.05, 3.63) is 39.1 Å². The SMILES string of the molecule is O=S(=O)(NCc1nnc(C2CNC2)s1)c1c(F)c(F)c(F)c(F)c1F. The minimum atomic E-state index is -5.00. The van der Waals surface area contributed by atoms with Crippen molar-refractivity contribution in [1.29, 1.82) is 0 Å². The first-order valence-corrected chi connectivity index (χ1v) is 9.06. The summed E-state index contributed by atoms with van der Waals surface area (Å²) in [5.41, 5.74) is 0. The van der Waals surface area contributed by atoms with E-state index in [1.165, 1.54) is 0 Å². The molecule has 136 valence electrons. The number of hydrogen-bond acceptors (Lipinski definition) is 6. The summed E-state index contributed by atoms with van der Waals surface area (Å²) >= 11 is 1.09. The lowest BCUT2D eigenvalue weighted by atomic mass is 10.1. The van der Waals surface area contributed by atoms with E-state index in [2.05, 4.69) is 15.5 Å². The Morgan fingerprint density at radius 2 is 1.56 bits per heavy atom. The molecule has 0 unspecified atom stereocenters. The van der Waals surface area contributed by atoms with Gasteiger partial charge in [-0.25, -0.2) is 35.1 Å². The minimum absolute atomic E-state index is 0.151. The van der Waals surface area contributed by atoms with E-state index in [-0.39, 0.29) is 10.9 Å². The zero-order valence-electron chi connectivity index (χ0n) is 12.1. The standard InChI is InChI=1S/C12H9F5N4O2S2/c13-6-7(14)9(16)11(10(17)8(6)15)25(22,23)19-3-5-20-21-12(24-5)4-1-18-2-4/h4,18-19H,1-3H2. The van der Waals surface area contributed by atoms with Gasteiger partial charge in [0, 0.05) is 19.0 Å². The Kier molecular flexibility index (Phi) is 4.74. The van der Waals surface area contributed by atoms with Crippen LogP contribution in [0.1, 0.15) is 15.9 Å². The second-order valence-corrected chi connectivity index (χ2v) is 7.91. The molecule has 0 spiro atoms. The van der Waals surface area contributed by atoms with Gasteiger partial charge in [0.15, 0.2) is 28.2 Å². The summed E-state index contributed by atoms with van der Waals surface area (Å²) in [6.45, 7) is 0.898. The lowest BCUT2D eigenvalue weighted by molar-refractivity contribution is 0.357. The molecule has 0 bridgehead atoms. The molecule has 1 fully saturated rings. The Hall–Kier alpha value is -1.70. The van der Waals surface area contributed by atoms with Crippen molar-refractivity contribution in [3.8, 4) is 0 Å². The summed E-state index contributed by atoms with van der Waals surface area (Å²) in [6, 6.07) is 0. The van der Waals surface area contributed by atoms with E-state index >= 15 is 0 Å². The van der Waals surface area contributed by atoms with Crippen LogP contribution in [0.3, 0.4) is 0 Å². The fourth-order valence-corrected chi connectivity index (χ4v) is 4.11. The summed E-state index contributed by atoms with van der Waals surface area (Å²) in [7, 11) is -5.00. The number of sulfonamides is 1. The smallest absolute Gasteiger partial charge is 0.247 e. The highest BCUT2D eigenvalue weighted by Crippen LogP contribution is 2.27. The van der Waals surface area contributed by atoms with E-state index in [1.807, 2.05) is 0 Å². The number of hydrogen-bond donors (Lipinski definition) is 2. The fourth-order valence-electron chi connectivity index (χ4n) is 2.02. The van der Waals surface area contributed by atoms with E-state index < -0.39 is 50.5 Å². The third-order valence-corrected chi connectivity index (χ3v) is 5.97. The highest BCUT2D eigenvalue weighted by molar-refractivity contribution is 7.89. The first kappa shape index (κ1) is 18.1. The summed E-state index contributed by atoms with van der Waals surface area (Å²) in [5.74, 6) is -11.8. The van der Waals surface area contributed by atoms with Crippen molar-refractivity contribution in [2.45, 2.75) is 17.4 Å². The molecular formula is C12H9F5N4O2S2. The average Bonchev–Trinajstić information content (AvgIpc) is 2.96. The van der Waals surface area contributed by atoms with Crippen LogP contribution in [0.15, 0.2) is 4.90 Å². The molecule has 0 atom stereocenters. The van der Waals surface area contributed by atoms with Crippen molar-refractivity contribution in [1.82, 2.24) is 20.2 Å². The van der Waals surface area contributed by atoms with Crippen molar-refractivity contribution < 1.29 is 30.4 Å². The third kappa shape index (κ3) is 3.23. The van der Waals surface area contributed by atoms with Gasteiger partial charge < -0.3 is 5.32 Å². The lowest BCUT2D eigenvalue weighted by Crippen LogP contribution is -2.39. The number of nitrogens with one attached hydrogen (secondary N) is 2. The molecule has 1 aliphatic rings. The van der Waals surface area contributed by atoms with Gasteiger partial charge in [-0.2, -0.15) is 0 Å². The van der Waals surface area contributed by atoms with Gasteiger partial charge in [-0.1, -0.05) is 11.3 Å². The Morgan fingerprint density at radius 3 is 2.08 bits per heavy atom. The topological polar surface area (TPSA) is 84.0 Å². The van der Waals surface area contributed by atoms with Gasteiger partial charge in [-0.05, 0) is 0 Å². The van der Waals surface area contributed by atoms with Crippen LogP contribution in [-0.4, -0.2) is 31.7 Å². The molecule has 0 radical (unpaired) electrons. The zero-order chi connectivity index (χ0) is 18.4. The molecule has 1 aromatic carbocycles. The van der Waals surface area contributed by atoms with E-state index in [0.717, 1.165) is 11.3 Å². The molecule has 1 aliphatic heterocycles. The van der Waals surface area contributed by atoms with E-state index in [0.29, 0.717) is 18.1 Å². The van der Waals surface area contributed by atoms with Crippen molar-refractivity contribution >= 4 is 21.4 Å². The van der Waals surface area contributed by atoms with Gasteiger partial charge in [0.2, 0.25) is 15.8 Å². The Morgan fingerprint density at radius 1 is 1.00 bits per heavy atom. The van der Waals surface area contributed by atoms with Crippen LogP contribution in [0.2, 0.25) is 0 Å². The molecule has 0 aliphatic carbocycles. The van der Waals surface area contributed by atoms with Gasteiger partial charge in [0.05, 0.1) is 6.54 Å². The zero-order valence-corrected chi connectivity index (χ0v) is 13.7. The maximum atomic E-state index is 13.6. The largest absolute Gasteiger partial charge is 0.315 e. The third-order valence-electron chi connectivity index (χ3n) is 3.46. The van der Waals surface area contributed by atoms with E-state index in [1.54, 1.807) is 4.72 Å². The first-order chi connectivity index (χ1) is 11.7. The Balaban J connectivity index is 1.84. The second-order valence-electron chi connectivity index (χ2n) is 5.11. The molecule has 13 heteroatoms. The Labute approximate surface area is 142 Å². The molecular weight excluding hydrogens is 391 g/mol. The maximum absolute atomic E-state index is 13.6. The molecule has 25 heavy (non-hydrogen) atoms. The minimum Gasteiger partial charge on any atom is -0.315 e. The van der Waals surface area contributed by atoms with E-state index in [4.69, 9.17) is 0 Å². The molecule has 0 amide bonds. The summed E-state index contributed by atoms with van der Waals surface area (Å²) in [6.07, 6.45) is 0. The van der Waals surface area contributed by atoms with Crippen LogP contribution in [0.4, 0.5) is 22.0 Å². The quantitative estimate of drug-likeness (QED) is 0.450. The van der Waals surface area contributed by atoms with Gasteiger partial charge in [0.25, 0.3) is 0 Å². The molecule has 3 rings (SSSR count). The summed E-state index contributed by atoms with van der Waals surface area (Å²) in [4.78, 5) is -1.93. The molecule has 6 nitrogen and oxygen atoms in total. The van der Waals surface area contributed by atoms with Gasteiger partial charge >= 0.3 is 0 Å². The highest BCUT2D eigenvalue weighted by atomic mass is 32.2. The van der Waals surface area contributed by atoms with Crippen molar-refractivity contribution in [2.24, 2.45) is 0 Å². The summed E-state index contributed by atoms with van der Waals surface area (Å²) in [5, 5.41) is 11.5. The Bertz CT molecular complexity index is 901. The predicted molar refractivity (Wildman–Crippen MR) is 75.8 cm³/mol. The maximum Gasteiger partial charge on any atom is 0.247 e. The molecule has 2 aromatic rings. The predicted octanol–water partition coefficient (Wildman–Crippen LogP) is 1.40. The van der Waals surface area contributed by atoms with Crippen LogP contribution < -0.4 is 10.0 Å². The molecule has 0 saturated carbocycles. The number of aromatic nitrogens is 2. The van der Waals surface area contributed by atoms with Gasteiger partial charge in [-0.3, -0.25) is 0 Å². The van der Waals surface area contributed by atoms with Gasteiger partial charge in [0.1, 0.15) is 10.0 Å².